The number of hydrogen-bond donors (Lipinski definition) is 0. The van der Waals surface area contributed by atoms with Crippen LogP contribution in [0.3, 0.4) is 0 Å². The number of ether oxygens (including phenoxy) is 2. The summed E-state index contributed by atoms with van der Waals surface area (Å²) in [6.07, 6.45) is 3.26. The average Bonchev–Trinajstić information content (AvgIpc) is 2.14. The molecule has 1 aromatic rings. The zero-order chi connectivity index (χ0) is 12.9. The summed E-state index contributed by atoms with van der Waals surface area (Å²) in [5.41, 5.74) is -0.464. The number of pyridine rings is 1. The molecule has 0 aliphatic heterocycles. The summed E-state index contributed by atoms with van der Waals surface area (Å²) in [6, 6.07) is 1.64. The van der Waals surface area contributed by atoms with Gasteiger partial charge in [0.1, 0.15) is 11.4 Å². The molecule has 0 aromatic carbocycles. The SMILES string of the molecule is CC(C)(C)OC(=O)CCOc1cncc(Cl)c1. The smallest absolute Gasteiger partial charge is 0.309 e. The van der Waals surface area contributed by atoms with E-state index in [1.807, 2.05) is 20.8 Å². The summed E-state index contributed by atoms with van der Waals surface area (Å²) in [5.74, 6) is 0.258. The fourth-order valence-corrected chi connectivity index (χ4v) is 1.28. The van der Waals surface area contributed by atoms with E-state index in [0.29, 0.717) is 10.8 Å². The molecule has 1 aromatic heterocycles. The van der Waals surface area contributed by atoms with Gasteiger partial charge in [-0.05, 0) is 20.8 Å². The van der Waals surface area contributed by atoms with E-state index in [-0.39, 0.29) is 19.0 Å². The monoisotopic (exact) mass is 257 g/mol. The number of carbonyl (C=O) groups excluding carboxylic acids is 1. The van der Waals surface area contributed by atoms with Crippen LogP contribution < -0.4 is 4.74 Å². The van der Waals surface area contributed by atoms with E-state index >= 15 is 0 Å². The van der Waals surface area contributed by atoms with Gasteiger partial charge in [0.25, 0.3) is 0 Å². The van der Waals surface area contributed by atoms with E-state index in [1.54, 1.807) is 12.3 Å². The third kappa shape index (κ3) is 6.12. The Morgan fingerprint density at radius 3 is 2.71 bits per heavy atom. The number of rotatable bonds is 4. The van der Waals surface area contributed by atoms with Gasteiger partial charge in [0.2, 0.25) is 0 Å². The number of carbonyl (C=O) groups is 1. The van der Waals surface area contributed by atoms with Crippen molar-refractivity contribution in [1.29, 1.82) is 0 Å². The predicted molar refractivity (Wildman–Crippen MR) is 65.2 cm³/mol. The lowest BCUT2D eigenvalue weighted by Crippen LogP contribution is -2.24. The maximum atomic E-state index is 11.4. The van der Waals surface area contributed by atoms with Crippen molar-refractivity contribution in [3.05, 3.63) is 23.5 Å². The van der Waals surface area contributed by atoms with Crippen LogP contribution in [-0.4, -0.2) is 23.2 Å². The van der Waals surface area contributed by atoms with Gasteiger partial charge in [0.15, 0.2) is 0 Å². The van der Waals surface area contributed by atoms with Crippen LogP contribution in [0, 0.1) is 0 Å². The van der Waals surface area contributed by atoms with Crippen molar-refractivity contribution < 1.29 is 14.3 Å². The van der Waals surface area contributed by atoms with Crippen molar-refractivity contribution in [2.24, 2.45) is 0 Å². The molecule has 0 aliphatic rings. The molecule has 17 heavy (non-hydrogen) atoms. The lowest BCUT2D eigenvalue weighted by atomic mass is 10.2. The van der Waals surface area contributed by atoms with Crippen molar-refractivity contribution in [1.82, 2.24) is 4.98 Å². The first-order chi connectivity index (χ1) is 7.87. The molecular formula is C12H16ClNO3. The molecule has 0 N–H and O–H groups in total. The number of esters is 1. The Hall–Kier alpha value is -1.29. The van der Waals surface area contributed by atoms with Crippen LogP contribution in [-0.2, 0) is 9.53 Å². The molecular weight excluding hydrogens is 242 g/mol. The van der Waals surface area contributed by atoms with Crippen molar-refractivity contribution in [3.63, 3.8) is 0 Å². The molecule has 0 unspecified atom stereocenters. The highest BCUT2D eigenvalue weighted by atomic mass is 35.5. The standard InChI is InChI=1S/C12H16ClNO3/c1-12(2,3)17-11(15)4-5-16-10-6-9(13)7-14-8-10/h6-8H,4-5H2,1-3H3. The molecule has 0 radical (unpaired) electrons. The largest absolute Gasteiger partial charge is 0.491 e. The second kappa shape index (κ2) is 5.87. The van der Waals surface area contributed by atoms with Gasteiger partial charge in [-0.3, -0.25) is 9.78 Å². The Balaban J connectivity index is 2.31. The number of hydrogen-bond acceptors (Lipinski definition) is 4. The van der Waals surface area contributed by atoms with E-state index in [1.165, 1.54) is 6.20 Å². The molecule has 1 rings (SSSR count). The topological polar surface area (TPSA) is 48.4 Å². The summed E-state index contributed by atoms with van der Waals surface area (Å²) in [5, 5.41) is 0.500. The third-order valence-corrected chi connectivity index (χ3v) is 1.88. The second-order valence-electron chi connectivity index (χ2n) is 4.52. The fourth-order valence-electron chi connectivity index (χ4n) is 1.12. The van der Waals surface area contributed by atoms with Crippen LogP contribution in [0.5, 0.6) is 5.75 Å². The number of nitrogens with zero attached hydrogens (tertiary/aromatic N) is 1. The molecule has 0 amide bonds. The minimum atomic E-state index is -0.464. The molecule has 0 fully saturated rings. The minimum Gasteiger partial charge on any atom is -0.491 e. The van der Waals surface area contributed by atoms with E-state index < -0.39 is 5.60 Å². The van der Waals surface area contributed by atoms with Crippen molar-refractivity contribution in [2.75, 3.05) is 6.61 Å². The quantitative estimate of drug-likeness (QED) is 0.779. The van der Waals surface area contributed by atoms with Crippen LogP contribution in [0.15, 0.2) is 18.5 Å². The lowest BCUT2D eigenvalue weighted by Gasteiger charge is -2.19. The maximum Gasteiger partial charge on any atom is 0.309 e. The summed E-state index contributed by atoms with van der Waals surface area (Å²) in [6.45, 7) is 5.73. The van der Waals surface area contributed by atoms with E-state index in [4.69, 9.17) is 21.1 Å². The normalized spacial score (nSPS) is 11.1. The van der Waals surface area contributed by atoms with E-state index in [0.717, 1.165) is 0 Å². The Morgan fingerprint density at radius 2 is 2.12 bits per heavy atom. The molecule has 0 saturated carbocycles. The first kappa shape index (κ1) is 13.8. The molecule has 0 atom stereocenters. The minimum absolute atomic E-state index is 0.198. The lowest BCUT2D eigenvalue weighted by molar-refractivity contribution is -0.155. The van der Waals surface area contributed by atoms with Crippen molar-refractivity contribution >= 4 is 17.6 Å². The summed E-state index contributed by atoms with van der Waals surface area (Å²) in [7, 11) is 0. The Labute approximate surface area is 106 Å². The fraction of sp³-hybridized carbons (Fsp3) is 0.500. The van der Waals surface area contributed by atoms with Gasteiger partial charge in [0.05, 0.1) is 24.2 Å². The molecule has 0 bridgehead atoms. The van der Waals surface area contributed by atoms with Crippen LogP contribution in [0.2, 0.25) is 5.02 Å². The molecule has 0 aliphatic carbocycles. The van der Waals surface area contributed by atoms with Gasteiger partial charge in [-0.15, -0.1) is 0 Å². The van der Waals surface area contributed by atoms with Crippen LogP contribution in [0.25, 0.3) is 0 Å². The summed E-state index contributed by atoms with van der Waals surface area (Å²) >= 11 is 5.74. The zero-order valence-corrected chi connectivity index (χ0v) is 11.0. The van der Waals surface area contributed by atoms with E-state index in [2.05, 4.69) is 4.98 Å². The molecule has 1 heterocycles. The Bertz CT molecular complexity index is 388. The molecule has 0 spiro atoms. The highest BCUT2D eigenvalue weighted by Gasteiger charge is 2.15. The van der Waals surface area contributed by atoms with Crippen LogP contribution in [0.4, 0.5) is 0 Å². The van der Waals surface area contributed by atoms with Crippen LogP contribution >= 0.6 is 11.6 Å². The Kier molecular flexibility index (Phi) is 4.75. The van der Waals surface area contributed by atoms with Gasteiger partial charge < -0.3 is 9.47 Å². The number of halogens is 1. The zero-order valence-electron chi connectivity index (χ0n) is 10.2. The molecule has 0 saturated heterocycles. The Morgan fingerprint density at radius 1 is 1.41 bits per heavy atom. The summed E-state index contributed by atoms with van der Waals surface area (Å²) < 4.78 is 10.5. The molecule has 4 nitrogen and oxygen atoms in total. The van der Waals surface area contributed by atoms with Crippen molar-refractivity contribution in [2.45, 2.75) is 32.8 Å². The maximum absolute atomic E-state index is 11.4. The van der Waals surface area contributed by atoms with Gasteiger partial charge >= 0.3 is 5.97 Å². The predicted octanol–water partition coefficient (Wildman–Crippen LogP) is 2.85. The van der Waals surface area contributed by atoms with Gasteiger partial charge in [-0.25, -0.2) is 0 Å². The van der Waals surface area contributed by atoms with Gasteiger partial charge in [0, 0.05) is 12.3 Å². The molecule has 94 valence electrons. The highest BCUT2D eigenvalue weighted by molar-refractivity contribution is 6.30. The first-order valence-electron chi connectivity index (χ1n) is 5.32. The van der Waals surface area contributed by atoms with Gasteiger partial charge in [-0.2, -0.15) is 0 Å². The van der Waals surface area contributed by atoms with Crippen LogP contribution in [0.1, 0.15) is 27.2 Å². The van der Waals surface area contributed by atoms with E-state index in [9.17, 15) is 4.79 Å². The highest BCUT2D eigenvalue weighted by Crippen LogP contribution is 2.15. The average molecular weight is 258 g/mol. The van der Waals surface area contributed by atoms with Gasteiger partial charge in [-0.1, -0.05) is 11.6 Å². The van der Waals surface area contributed by atoms with Crippen molar-refractivity contribution in [3.8, 4) is 5.75 Å². The molecule has 5 heteroatoms. The third-order valence-electron chi connectivity index (χ3n) is 1.67. The first-order valence-corrected chi connectivity index (χ1v) is 5.70. The summed E-state index contributed by atoms with van der Waals surface area (Å²) in [4.78, 5) is 15.2. The number of aromatic nitrogens is 1. The second-order valence-corrected chi connectivity index (χ2v) is 4.96.